The minimum absolute atomic E-state index is 0.0139. The summed E-state index contributed by atoms with van der Waals surface area (Å²) in [5, 5.41) is 8.98. The molecule has 0 bridgehead atoms. The largest absolute Gasteiger partial charge is 0.480 e. The van der Waals surface area contributed by atoms with Gasteiger partial charge in [0.2, 0.25) is 10.0 Å². The Morgan fingerprint density at radius 2 is 2.05 bits per heavy atom. The van der Waals surface area contributed by atoms with Crippen LogP contribution in [0, 0.1) is 0 Å². The van der Waals surface area contributed by atoms with E-state index in [0.717, 1.165) is 17.1 Å². The summed E-state index contributed by atoms with van der Waals surface area (Å²) in [7, 11) is -3.84. The molecule has 1 aliphatic carbocycles. The standard InChI is InChI=1S/C12H15BrN2O4S/c13-9-5-11(7-14-6-9)20(18,19)15(8-12(16)17)10-3-1-2-4-10/h5-7,10H,1-4,8H2,(H,16,17). The summed E-state index contributed by atoms with van der Waals surface area (Å²) in [6.45, 7) is -0.514. The number of nitrogens with zero attached hydrogens (tertiary/aromatic N) is 2. The van der Waals surface area contributed by atoms with E-state index >= 15 is 0 Å². The molecular weight excluding hydrogens is 348 g/mol. The van der Waals surface area contributed by atoms with Crippen molar-refractivity contribution in [3.63, 3.8) is 0 Å². The second-order valence-corrected chi connectivity index (χ2v) is 7.53. The lowest BCUT2D eigenvalue weighted by Gasteiger charge is -2.26. The Hall–Kier alpha value is -0.990. The molecule has 2 rings (SSSR count). The Kier molecular flexibility index (Phi) is 4.77. The van der Waals surface area contributed by atoms with Gasteiger partial charge in [-0.2, -0.15) is 4.31 Å². The summed E-state index contributed by atoms with van der Waals surface area (Å²) in [6.07, 6.45) is 5.97. The van der Waals surface area contributed by atoms with Crippen molar-refractivity contribution in [2.45, 2.75) is 36.6 Å². The average molecular weight is 363 g/mol. The molecule has 0 spiro atoms. The number of sulfonamides is 1. The Morgan fingerprint density at radius 1 is 1.40 bits per heavy atom. The zero-order chi connectivity index (χ0) is 14.8. The molecular formula is C12H15BrN2O4S. The van der Waals surface area contributed by atoms with E-state index in [1.54, 1.807) is 0 Å². The molecule has 1 heterocycles. The van der Waals surface area contributed by atoms with Crippen molar-refractivity contribution in [2.75, 3.05) is 6.54 Å². The van der Waals surface area contributed by atoms with Gasteiger partial charge in [-0.3, -0.25) is 9.78 Å². The van der Waals surface area contributed by atoms with E-state index in [4.69, 9.17) is 5.11 Å². The highest BCUT2D eigenvalue weighted by Gasteiger charge is 2.34. The van der Waals surface area contributed by atoms with Crippen molar-refractivity contribution in [1.29, 1.82) is 0 Å². The maximum atomic E-state index is 12.6. The first kappa shape index (κ1) is 15.4. The van der Waals surface area contributed by atoms with Gasteiger partial charge in [0, 0.05) is 22.9 Å². The highest BCUT2D eigenvalue weighted by atomic mass is 79.9. The van der Waals surface area contributed by atoms with Gasteiger partial charge in [-0.1, -0.05) is 12.8 Å². The van der Waals surface area contributed by atoms with E-state index in [1.807, 2.05) is 0 Å². The SMILES string of the molecule is O=C(O)CN(C1CCCC1)S(=O)(=O)c1cncc(Br)c1. The Balaban J connectivity index is 2.37. The average Bonchev–Trinajstić information content (AvgIpc) is 2.89. The number of carboxylic acid groups (broad SMARTS) is 1. The van der Waals surface area contributed by atoms with Crippen LogP contribution in [0.5, 0.6) is 0 Å². The summed E-state index contributed by atoms with van der Waals surface area (Å²) in [5.74, 6) is -1.15. The van der Waals surface area contributed by atoms with Crippen LogP contribution in [-0.4, -0.2) is 41.4 Å². The number of carbonyl (C=O) groups is 1. The highest BCUT2D eigenvalue weighted by molar-refractivity contribution is 9.10. The normalized spacial score (nSPS) is 16.7. The third kappa shape index (κ3) is 3.36. The number of rotatable bonds is 5. The van der Waals surface area contributed by atoms with Gasteiger partial charge in [0.05, 0.1) is 0 Å². The molecule has 0 amide bonds. The number of hydrogen-bond donors (Lipinski definition) is 1. The van der Waals surface area contributed by atoms with Gasteiger partial charge in [-0.25, -0.2) is 8.42 Å². The van der Waals surface area contributed by atoms with E-state index in [2.05, 4.69) is 20.9 Å². The van der Waals surface area contributed by atoms with Crippen LogP contribution in [0.3, 0.4) is 0 Å². The second-order valence-electron chi connectivity index (χ2n) is 4.72. The van der Waals surface area contributed by atoms with Gasteiger partial charge in [-0.05, 0) is 34.8 Å². The number of pyridine rings is 1. The van der Waals surface area contributed by atoms with Crippen molar-refractivity contribution >= 4 is 31.9 Å². The maximum Gasteiger partial charge on any atom is 0.318 e. The van der Waals surface area contributed by atoms with Gasteiger partial charge in [0.25, 0.3) is 0 Å². The van der Waals surface area contributed by atoms with E-state index in [9.17, 15) is 13.2 Å². The molecule has 0 saturated heterocycles. The van der Waals surface area contributed by atoms with Crippen LogP contribution in [-0.2, 0) is 14.8 Å². The summed E-state index contributed by atoms with van der Waals surface area (Å²) in [4.78, 5) is 14.8. The molecule has 8 heteroatoms. The number of aliphatic carboxylic acids is 1. The zero-order valence-corrected chi connectivity index (χ0v) is 13.1. The van der Waals surface area contributed by atoms with Crippen LogP contribution >= 0.6 is 15.9 Å². The molecule has 0 aliphatic heterocycles. The molecule has 1 saturated carbocycles. The van der Waals surface area contributed by atoms with Crippen molar-refractivity contribution in [3.8, 4) is 0 Å². The van der Waals surface area contributed by atoms with E-state index in [1.165, 1.54) is 18.5 Å². The van der Waals surface area contributed by atoms with Crippen molar-refractivity contribution in [2.24, 2.45) is 0 Å². The molecule has 0 aromatic carbocycles. The lowest BCUT2D eigenvalue weighted by atomic mass is 10.2. The van der Waals surface area contributed by atoms with Crippen LogP contribution in [0.1, 0.15) is 25.7 Å². The van der Waals surface area contributed by atoms with Crippen molar-refractivity contribution < 1.29 is 18.3 Å². The molecule has 1 fully saturated rings. The molecule has 1 N–H and O–H groups in total. The smallest absolute Gasteiger partial charge is 0.318 e. The monoisotopic (exact) mass is 362 g/mol. The predicted octanol–water partition coefficient (Wildman–Crippen LogP) is 1.86. The Morgan fingerprint density at radius 3 is 2.60 bits per heavy atom. The van der Waals surface area contributed by atoms with Gasteiger partial charge < -0.3 is 5.11 Å². The zero-order valence-electron chi connectivity index (χ0n) is 10.7. The Labute approximate surface area is 126 Å². The van der Waals surface area contributed by atoms with Gasteiger partial charge in [-0.15, -0.1) is 0 Å². The molecule has 1 aromatic rings. The van der Waals surface area contributed by atoms with Crippen LogP contribution < -0.4 is 0 Å². The van der Waals surface area contributed by atoms with Gasteiger partial charge >= 0.3 is 5.97 Å². The van der Waals surface area contributed by atoms with E-state index in [0.29, 0.717) is 17.3 Å². The first-order valence-electron chi connectivity index (χ1n) is 6.25. The highest BCUT2D eigenvalue weighted by Crippen LogP contribution is 2.29. The molecule has 1 aliphatic rings. The first-order chi connectivity index (χ1) is 9.41. The van der Waals surface area contributed by atoms with Gasteiger partial charge in [0.1, 0.15) is 11.4 Å². The van der Waals surface area contributed by atoms with E-state index in [-0.39, 0.29) is 10.9 Å². The van der Waals surface area contributed by atoms with E-state index < -0.39 is 22.5 Å². The lowest BCUT2D eigenvalue weighted by Crippen LogP contribution is -2.42. The van der Waals surface area contributed by atoms with Crippen LogP contribution in [0.25, 0.3) is 0 Å². The number of halogens is 1. The second kappa shape index (κ2) is 6.19. The summed E-state index contributed by atoms with van der Waals surface area (Å²) in [6, 6.07) is 1.20. The van der Waals surface area contributed by atoms with Gasteiger partial charge in [0.15, 0.2) is 0 Å². The topological polar surface area (TPSA) is 87.6 Å². The lowest BCUT2D eigenvalue weighted by molar-refractivity contribution is -0.137. The minimum atomic E-state index is -3.84. The maximum absolute atomic E-state index is 12.6. The van der Waals surface area contributed by atoms with Crippen LogP contribution in [0.4, 0.5) is 0 Å². The summed E-state index contributed by atoms with van der Waals surface area (Å²) in [5.41, 5.74) is 0. The minimum Gasteiger partial charge on any atom is -0.480 e. The molecule has 0 atom stereocenters. The number of hydrogen-bond acceptors (Lipinski definition) is 4. The molecule has 20 heavy (non-hydrogen) atoms. The molecule has 0 unspecified atom stereocenters. The quantitative estimate of drug-likeness (QED) is 0.863. The third-order valence-corrected chi connectivity index (χ3v) is 5.61. The fourth-order valence-corrected chi connectivity index (χ4v) is 4.55. The van der Waals surface area contributed by atoms with Crippen molar-refractivity contribution in [1.82, 2.24) is 9.29 Å². The fraction of sp³-hybridized carbons (Fsp3) is 0.500. The molecule has 110 valence electrons. The Bertz CT molecular complexity index is 599. The summed E-state index contributed by atoms with van der Waals surface area (Å²) < 4.78 is 26.8. The molecule has 6 nitrogen and oxygen atoms in total. The predicted molar refractivity (Wildman–Crippen MR) is 75.7 cm³/mol. The number of carboxylic acids is 1. The molecule has 0 radical (unpaired) electrons. The summed E-state index contributed by atoms with van der Waals surface area (Å²) >= 11 is 3.18. The van der Waals surface area contributed by atoms with Crippen LogP contribution in [0.2, 0.25) is 0 Å². The van der Waals surface area contributed by atoms with Crippen LogP contribution in [0.15, 0.2) is 27.8 Å². The van der Waals surface area contributed by atoms with Crippen molar-refractivity contribution in [3.05, 3.63) is 22.9 Å². The third-order valence-electron chi connectivity index (χ3n) is 3.31. The fourth-order valence-electron chi connectivity index (χ4n) is 2.40. The molecule has 1 aromatic heterocycles. The number of aromatic nitrogens is 1. The first-order valence-corrected chi connectivity index (χ1v) is 8.49.